The van der Waals surface area contributed by atoms with E-state index in [1.165, 1.54) is 22.3 Å². The lowest BCUT2D eigenvalue weighted by Gasteiger charge is -2.39. The van der Waals surface area contributed by atoms with E-state index in [1.54, 1.807) is 14.2 Å². The fourth-order valence-corrected chi connectivity index (χ4v) is 9.94. The summed E-state index contributed by atoms with van der Waals surface area (Å²) in [7, 11) is 3.41. The maximum atomic E-state index is 7.87. The first-order valence-corrected chi connectivity index (χ1v) is 20.8. The first-order chi connectivity index (χ1) is 29.0. The van der Waals surface area contributed by atoms with Crippen molar-refractivity contribution in [1.29, 1.82) is 0 Å². The molecule has 3 aliphatic rings. The molecule has 2 aliphatic heterocycles. The van der Waals surface area contributed by atoms with Crippen LogP contribution in [-0.2, 0) is 15.8 Å². The van der Waals surface area contributed by atoms with Gasteiger partial charge < -0.3 is 23.8 Å². The molecule has 59 heavy (non-hydrogen) atoms. The minimum Gasteiger partial charge on any atom is -0.493 e. The number of hydrogen-bond acceptors (Lipinski definition) is 6. The van der Waals surface area contributed by atoms with Gasteiger partial charge >= 0.3 is 0 Å². The van der Waals surface area contributed by atoms with Crippen LogP contribution in [0.5, 0.6) is 17.2 Å². The van der Waals surface area contributed by atoms with Crippen LogP contribution in [0.15, 0.2) is 140 Å². The minimum absolute atomic E-state index is 0.211. The molecule has 0 amide bonds. The molecule has 0 saturated carbocycles. The number of morpholine rings is 1. The number of rotatable bonds is 9. The lowest BCUT2D eigenvalue weighted by molar-refractivity contribution is 0.122. The summed E-state index contributed by atoms with van der Waals surface area (Å²) < 4.78 is 25.6. The van der Waals surface area contributed by atoms with Gasteiger partial charge in [-0.05, 0) is 94.1 Å². The number of pyridine rings is 1. The lowest BCUT2D eigenvalue weighted by Crippen LogP contribution is -2.37. The van der Waals surface area contributed by atoms with Gasteiger partial charge in [0.1, 0.15) is 5.75 Å². The Morgan fingerprint density at radius 2 is 1.32 bits per heavy atom. The Bertz CT molecular complexity index is 2660. The van der Waals surface area contributed by atoms with Crippen LogP contribution in [0.1, 0.15) is 54.6 Å². The van der Waals surface area contributed by atoms with E-state index in [0.717, 1.165) is 101 Å². The van der Waals surface area contributed by atoms with Crippen LogP contribution >= 0.6 is 0 Å². The van der Waals surface area contributed by atoms with Crippen molar-refractivity contribution in [2.45, 2.75) is 37.7 Å². The molecule has 6 nitrogen and oxygen atoms in total. The third-order valence-electron chi connectivity index (χ3n) is 13.0. The number of nitrogens with zero attached hydrogens (tertiary/aromatic N) is 2. The molecule has 1 aliphatic carbocycles. The molecule has 0 radical (unpaired) electrons. The number of hydrogen-bond donors (Lipinski definition) is 0. The van der Waals surface area contributed by atoms with Gasteiger partial charge in [-0.25, -0.2) is 4.98 Å². The highest BCUT2D eigenvalue weighted by Crippen LogP contribution is 2.61. The Kier molecular flexibility index (Phi) is 9.25. The summed E-state index contributed by atoms with van der Waals surface area (Å²) in [6.07, 6.45) is 6.48. The average molecular weight is 777 g/mol. The van der Waals surface area contributed by atoms with Crippen LogP contribution in [-0.4, -0.2) is 45.5 Å². The summed E-state index contributed by atoms with van der Waals surface area (Å²) in [6, 6.07) is 47.5. The monoisotopic (exact) mass is 776 g/mol. The van der Waals surface area contributed by atoms with Gasteiger partial charge in [0.25, 0.3) is 0 Å². The molecule has 6 aromatic carbocycles. The highest BCUT2D eigenvalue weighted by atomic mass is 16.5. The summed E-state index contributed by atoms with van der Waals surface area (Å²) in [5.41, 5.74) is 12.0. The maximum Gasteiger partial charge on any atom is 0.194 e. The molecule has 6 heteroatoms. The third kappa shape index (κ3) is 5.84. The number of methoxy groups -OCH3 is 2. The average Bonchev–Trinajstić information content (AvgIpc) is 3.62. The van der Waals surface area contributed by atoms with E-state index in [2.05, 4.69) is 158 Å². The first kappa shape index (κ1) is 36.9. The van der Waals surface area contributed by atoms with Gasteiger partial charge in [-0.2, -0.15) is 0 Å². The number of fused-ring (bicyclic) bond motifs is 8. The molecule has 294 valence electrons. The number of ether oxygens (including phenoxy) is 4. The zero-order valence-corrected chi connectivity index (χ0v) is 34.1. The number of anilines is 1. The van der Waals surface area contributed by atoms with Crippen LogP contribution in [0, 0.1) is 0 Å². The van der Waals surface area contributed by atoms with E-state index in [-0.39, 0.29) is 5.41 Å². The highest BCUT2D eigenvalue weighted by molar-refractivity contribution is 6.09. The van der Waals surface area contributed by atoms with E-state index in [9.17, 15) is 0 Å². The van der Waals surface area contributed by atoms with Gasteiger partial charge in [-0.15, -0.1) is 0 Å². The molecule has 1 fully saturated rings. The van der Waals surface area contributed by atoms with E-state index < -0.39 is 5.60 Å². The van der Waals surface area contributed by atoms with Gasteiger partial charge in [-0.1, -0.05) is 117 Å². The van der Waals surface area contributed by atoms with E-state index in [1.807, 2.05) is 6.07 Å². The topological polar surface area (TPSA) is 53.0 Å². The predicted octanol–water partition coefficient (Wildman–Crippen LogP) is 11.9. The Hall–Kier alpha value is -6.37. The molecule has 7 aromatic rings. The van der Waals surface area contributed by atoms with Crippen LogP contribution in [0.4, 0.5) is 5.69 Å². The van der Waals surface area contributed by atoms with Gasteiger partial charge in [0, 0.05) is 46.3 Å². The van der Waals surface area contributed by atoms with Crippen LogP contribution in [0.25, 0.3) is 50.4 Å². The van der Waals surface area contributed by atoms with Gasteiger partial charge in [0.2, 0.25) is 0 Å². The van der Waals surface area contributed by atoms with Gasteiger partial charge in [-0.3, -0.25) is 0 Å². The van der Waals surface area contributed by atoms with Crippen molar-refractivity contribution in [2.24, 2.45) is 0 Å². The summed E-state index contributed by atoms with van der Waals surface area (Å²) in [5, 5.41) is 2.05. The Balaban J connectivity index is 1.28. The first-order valence-electron chi connectivity index (χ1n) is 20.8. The highest BCUT2D eigenvalue weighted by Gasteiger charge is 2.47. The summed E-state index contributed by atoms with van der Waals surface area (Å²) in [6.45, 7) is 7.79. The van der Waals surface area contributed by atoms with E-state index >= 15 is 0 Å². The van der Waals surface area contributed by atoms with Crippen LogP contribution < -0.4 is 19.1 Å². The number of aromatic nitrogens is 1. The molecule has 3 heterocycles. The normalized spacial score (nSPS) is 17.5. The molecule has 0 N–H and O–H groups in total. The second kappa shape index (κ2) is 14.8. The maximum absolute atomic E-state index is 7.87. The quantitative estimate of drug-likeness (QED) is 0.146. The Morgan fingerprint density at radius 1 is 0.678 bits per heavy atom. The van der Waals surface area contributed by atoms with Crippen molar-refractivity contribution < 1.29 is 18.9 Å². The van der Waals surface area contributed by atoms with Gasteiger partial charge in [0.05, 0.1) is 38.8 Å². The molecule has 0 bridgehead atoms. The Morgan fingerprint density at radius 3 is 2.00 bits per heavy atom. The summed E-state index contributed by atoms with van der Waals surface area (Å²) >= 11 is 0. The predicted molar refractivity (Wildman–Crippen MR) is 239 cm³/mol. The van der Waals surface area contributed by atoms with Crippen molar-refractivity contribution in [3.8, 4) is 50.8 Å². The SMILES string of the molecule is CCC1(CC)c2ccccc2-c2c1c1c(c3cc(OC)c(OC)cc23)OC(c2ccc(N3CCOCC3)cc2)(c2cc(-c3ccccc3)cc(-c3ccccc3)n2)C=C1. The Labute approximate surface area is 346 Å². The molecule has 10 rings (SSSR count). The fraction of sp³-hybridized carbons (Fsp3) is 0.226. The van der Waals surface area contributed by atoms with E-state index in [0.29, 0.717) is 11.5 Å². The zero-order chi connectivity index (χ0) is 40.1. The second-order valence-electron chi connectivity index (χ2n) is 15.8. The third-order valence-corrected chi connectivity index (χ3v) is 13.0. The summed E-state index contributed by atoms with van der Waals surface area (Å²) in [5.74, 6) is 2.15. The molecule has 0 spiro atoms. The smallest absolute Gasteiger partial charge is 0.194 e. The molecule has 1 aromatic heterocycles. The van der Waals surface area contributed by atoms with Crippen LogP contribution in [0.2, 0.25) is 0 Å². The molecule has 1 saturated heterocycles. The standard InChI is InChI=1S/C53H48N2O4/c1-5-52(6-2)44-20-14-13-19-40(44)49-42-33-46(56-3)47(57-4)34-43(42)51-41(50(49)52)25-26-53(59-51,38-21-23-39(24-22-38)55-27-29-58-30-28-55)48-32-37(35-15-9-7-10-16-35)31-45(54-48)36-17-11-8-12-18-36/h7-26,31-34H,5-6,27-30H2,1-4H3. The lowest BCUT2D eigenvalue weighted by atomic mass is 9.71. The van der Waals surface area contributed by atoms with Crippen molar-refractivity contribution >= 4 is 22.5 Å². The molecule has 1 unspecified atom stereocenters. The van der Waals surface area contributed by atoms with Crippen molar-refractivity contribution in [1.82, 2.24) is 4.98 Å². The fourth-order valence-electron chi connectivity index (χ4n) is 9.94. The summed E-state index contributed by atoms with van der Waals surface area (Å²) in [4.78, 5) is 7.93. The van der Waals surface area contributed by atoms with Crippen molar-refractivity contribution in [3.63, 3.8) is 0 Å². The number of benzene rings is 6. The van der Waals surface area contributed by atoms with Gasteiger partial charge in [0.15, 0.2) is 17.1 Å². The minimum atomic E-state index is -1.11. The van der Waals surface area contributed by atoms with E-state index in [4.69, 9.17) is 23.9 Å². The molecular formula is C53H48N2O4. The van der Waals surface area contributed by atoms with Crippen molar-refractivity contribution in [3.05, 3.63) is 167 Å². The zero-order valence-electron chi connectivity index (χ0n) is 34.1. The van der Waals surface area contributed by atoms with Crippen LogP contribution in [0.3, 0.4) is 0 Å². The molecular weight excluding hydrogens is 729 g/mol. The second-order valence-corrected chi connectivity index (χ2v) is 15.8. The van der Waals surface area contributed by atoms with Crippen molar-refractivity contribution in [2.75, 3.05) is 45.4 Å². The largest absolute Gasteiger partial charge is 0.493 e. The molecule has 1 atom stereocenters.